The first kappa shape index (κ1) is 60.1. The van der Waals surface area contributed by atoms with Crippen LogP contribution < -0.4 is 33.2 Å². The first-order valence-electron chi connectivity index (χ1n) is 26.3. The molecule has 0 aliphatic heterocycles. The van der Waals surface area contributed by atoms with Gasteiger partial charge in [0.15, 0.2) is 0 Å². The van der Waals surface area contributed by atoms with Gasteiger partial charge in [-0.15, -0.1) is 0 Å². The third-order valence-electron chi connectivity index (χ3n) is 13.0. The minimum Gasteiger partial charge on any atom is -0.508 e. The summed E-state index contributed by atoms with van der Waals surface area (Å²) in [6.07, 6.45) is 0.484. The molecule has 0 spiro atoms. The summed E-state index contributed by atoms with van der Waals surface area (Å²) in [6.45, 7) is 8.49. The molecule has 430 valence electrons. The molecule has 0 aromatic heterocycles. The van der Waals surface area contributed by atoms with Gasteiger partial charge in [-0.3, -0.25) is 0 Å². The molecule has 3 atom stereocenters. The average Bonchev–Trinajstić information content (AvgIpc) is 3.54. The van der Waals surface area contributed by atoms with Gasteiger partial charge in [0.05, 0.1) is 45.8 Å². The number of phenols is 1. The van der Waals surface area contributed by atoms with Crippen LogP contribution in [-0.2, 0) is 39.3 Å². The summed E-state index contributed by atoms with van der Waals surface area (Å²) in [5, 5.41) is 9.52. The Hall–Kier alpha value is -8.04. The van der Waals surface area contributed by atoms with Gasteiger partial charge in [0.25, 0.3) is 0 Å². The number of hydrogen-bond acceptors (Lipinski definition) is 16. The molecule has 0 saturated heterocycles. The first-order valence-corrected chi connectivity index (χ1v) is 32.3. The number of sulfone groups is 4. The van der Waals surface area contributed by atoms with Gasteiger partial charge in [-0.1, -0.05) is 20.8 Å². The van der Waals surface area contributed by atoms with Crippen LogP contribution in [0.15, 0.2) is 233 Å². The Balaban J connectivity index is 0.775. The zero-order chi connectivity index (χ0) is 58.5. The van der Waals surface area contributed by atoms with Gasteiger partial charge in [-0.05, 0) is 220 Å². The van der Waals surface area contributed by atoms with Crippen molar-refractivity contribution in [2.75, 3.05) is 26.4 Å². The minimum atomic E-state index is -3.91. The van der Waals surface area contributed by atoms with E-state index in [4.69, 9.17) is 33.2 Å². The lowest BCUT2D eigenvalue weighted by atomic mass is 10.2. The Bertz CT molecular complexity index is 3820. The molecule has 0 aliphatic rings. The van der Waals surface area contributed by atoms with Crippen molar-refractivity contribution in [1.29, 1.82) is 0 Å². The third kappa shape index (κ3) is 14.9. The van der Waals surface area contributed by atoms with Crippen LogP contribution in [0.3, 0.4) is 0 Å². The van der Waals surface area contributed by atoms with Gasteiger partial charge in [-0.25, -0.2) is 33.7 Å². The molecule has 3 unspecified atom stereocenters. The van der Waals surface area contributed by atoms with Crippen LogP contribution in [0.25, 0.3) is 0 Å². The quantitative estimate of drug-likeness (QED) is 0.0482. The molecule has 0 amide bonds. The van der Waals surface area contributed by atoms with Crippen LogP contribution >= 0.6 is 0 Å². The highest BCUT2D eigenvalue weighted by Gasteiger charge is 2.23. The molecular weight excluding hydrogens is 1130 g/mol. The first-order chi connectivity index (χ1) is 39.3. The van der Waals surface area contributed by atoms with Gasteiger partial charge in [-0.2, -0.15) is 0 Å². The summed E-state index contributed by atoms with van der Waals surface area (Å²) in [7, 11) is -15.3. The Morgan fingerprint density at radius 1 is 0.280 bits per heavy atom. The molecule has 0 bridgehead atoms. The van der Waals surface area contributed by atoms with Gasteiger partial charge < -0.3 is 38.3 Å². The second-order valence-electron chi connectivity index (χ2n) is 18.6. The molecule has 8 rings (SSSR count). The van der Waals surface area contributed by atoms with E-state index < -0.39 is 51.6 Å². The van der Waals surface area contributed by atoms with E-state index in [1.54, 1.807) is 84.9 Å². The number of ether oxygens (including phenoxy) is 7. The summed E-state index contributed by atoms with van der Waals surface area (Å²) >= 11 is 0. The Labute approximate surface area is 479 Å². The predicted octanol–water partition coefficient (Wildman–Crippen LogP) is 11.8. The summed E-state index contributed by atoms with van der Waals surface area (Å²) in [4.78, 5) is 0.649. The maximum Gasteiger partial charge on any atom is 0.206 e. The van der Waals surface area contributed by atoms with Crippen LogP contribution in [-0.4, -0.2) is 83.5 Å². The zero-order valence-corrected chi connectivity index (χ0v) is 48.6. The molecule has 8 aromatic carbocycles. The summed E-state index contributed by atoms with van der Waals surface area (Å²) in [5.41, 5.74) is 0. The standard InChI is InChI=1S/C62H62O16S4/c1-5-45(41-73-49-13-29-57(30-14-49)79(64,65)55-25-9-44(63)10-26-55)77-53-21-37-61(38-22-53)81(68,69)59-33-17-51(18-34-59)75-43-47(7-3)78-54-23-39-62(40-24-54)82(70,71)58-31-15-50(16-32-58)74-42-46(6-2)76-52-19-35-60(36-20-52)80(66,67)56-27-11-48(12-28-56)72-8-4/h9-40,45-47,63H,5-8,41-43H2,1-4H3. The van der Waals surface area contributed by atoms with Crippen LogP contribution in [0, 0.1) is 0 Å². The fraction of sp³-hybridized carbons (Fsp3) is 0.226. The molecule has 1 N–H and O–H groups in total. The molecular formula is C62H62O16S4. The van der Waals surface area contributed by atoms with E-state index in [0.29, 0.717) is 66.1 Å². The lowest BCUT2D eigenvalue weighted by Crippen LogP contribution is -2.24. The molecule has 0 heterocycles. The van der Waals surface area contributed by atoms with Crippen molar-refractivity contribution in [3.05, 3.63) is 194 Å². The molecule has 16 nitrogen and oxygen atoms in total. The van der Waals surface area contributed by atoms with Crippen LogP contribution in [0.4, 0.5) is 0 Å². The van der Waals surface area contributed by atoms with Crippen LogP contribution in [0.1, 0.15) is 47.0 Å². The number of aromatic hydroxyl groups is 1. The van der Waals surface area contributed by atoms with Gasteiger partial charge >= 0.3 is 0 Å². The highest BCUT2D eigenvalue weighted by Crippen LogP contribution is 2.31. The zero-order valence-electron chi connectivity index (χ0n) is 45.4. The van der Waals surface area contributed by atoms with Crippen molar-refractivity contribution in [3.63, 3.8) is 0 Å². The maximum atomic E-state index is 13.6. The van der Waals surface area contributed by atoms with Crippen LogP contribution in [0.5, 0.6) is 46.0 Å². The van der Waals surface area contributed by atoms with E-state index in [2.05, 4.69) is 0 Å². The topological polar surface area (TPSA) is 221 Å². The van der Waals surface area contributed by atoms with Crippen molar-refractivity contribution in [1.82, 2.24) is 0 Å². The van der Waals surface area contributed by atoms with E-state index in [9.17, 15) is 38.8 Å². The van der Waals surface area contributed by atoms with Crippen molar-refractivity contribution in [2.24, 2.45) is 0 Å². The number of hydrogen-bond donors (Lipinski definition) is 1. The molecule has 0 saturated carbocycles. The number of phenolic OH excluding ortho intramolecular Hbond substituents is 1. The summed E-state index contributed by atoms with van der Waals surface area (Å²) in [6, 6.07) is 48.0. The van der Waals surface area contributed by atoms with Crippen molar-refractivity contribution < 1.29 is 71.9 Å². The summed E-state index contributed by atoms with van der Waals surface area (Å²) in [5.74, 6) is 3.17. The van der Waals surface area contributed by atoms with E-state index in [1.165, 1.54) is 109 Å². The van der Waals surface area contributed by atoms with E-state index >= 15 is 0 Å². The minimum absolute atomic E-state index is 0.0374. The average molecular weight is 1190 g/mol. The van der Waals surface area contributed by atoms with Gasteiger partial charge in [0.2, 0.25) is 39.3 Å². The lowest BCUT2D eigenvalue weighted by molar-refractivity contribution is 0.125. The molecule has 20 heteroatoms. The largest absolute Gasteiger partial charge is 0.508 e. The third-order valence-corrected chi connectivity index (χ3v) is 20.1. The Morgan fingerprint density at radius 2 is 0.463 bits per heavy atom. The van der Waals surface area contributed by atoms with Crippen molar-refractivity contribution in [3.8, 4) is 46.0 Å². The normalized spacial score (nSPS) is 13.0. The monoisotopic (exact) mass is 1190 g/mol. The molecule has 8 aromatic rings. The molecule has 82 heavy (non-hydrogen) atoms. The summed E-state index contributed by atoms with van der Waals surface area (Å²) < 4.78 is 148. The SMILES string of the molecule is CCOc1ccc(S(=O)(=O)c2ccc(OC(CC)COc3ccc(S(=O)(=O)c4ccc(OC(CC)COc5ccc(S(=O)(=O)c6ccc(OC(CC)COc7ccc(S(=O)(=O)c8ccc(O)cc8)cc7)cc6)cc5)cc4)cc3)cc2)cc1. The Kier molecular flexibility index (Phi) is 19.6. The smallest absolute Gasteiger partial charge is 0.206 e. The molecule has 0 fully saturated rings. The second kappa shape index (κ2) is 26.7. The fourth-order valence-corrected chi connectivity index (χ4v) is 13.2. The number of benzene rings is 8. The van der Waals surface area contributed by atoms with Crippen molar-refractivity contribution in [2.45, 2.75) is 104 Å². The van der Waals surface area contributed by atoms with E-state index in [1.807, 2.05) is 27.7 Å². The highest BCUT2D eigenvalue weighted by atomic mass is 32.2. The number of rotatable bonds is 28. The van der Waals surface area contributed by atoms with E-state index in [-0.39, 0.29) is 70.8 Å². The van der Waals surface area contributed by atoms with Gasteiger partial charge in [0.1, 0.15) is 84.1 Å². The maximum absolute atomic E-state index is 13.6. The van der Waals surface area contributed by atoms with Crippen LogP contribution in [0.2, 0.25) is 0 Å². The lowest BCUT2D eigenvalue weighted by Gasteiger charge is -2.19. The molecule has 0 radical (unpaired) electrons. The predicted molar refractivity (Wildman–Crippen MR) is 307 cm³/mol. The molecule has 0 aliphatic carbocycles. The highest BCUT2D eigenvalue weighted by molar-refractivity contribution is 7.92. The van der Waals surface area contributed by atoms with E-state index in [0.717, 1.165) is 0 Å². The van der Waals surface area contributed by atoms with Crippen molar-refractivity contribution >= 4 is 39.3 Å². The Morgan fingerprint density at radius 3 is 0.659 bits per heavy atom. The fourth-order valence-electron chi connectivity index (χ4n) is 8.14. The van der Waals surface area contributed by atoms with Gasteiger partial charge in [0, 0.05) is 0 Å². The second-order valence-corrected chi connectivity index (χ2v) is 26.4.